The molecular formula is C14H17N5O2. The molecule has 0 unspecified atom stereocenters. The molecule has 1 fully saturated rings. The molecule has 1 heterocycles. The first kappa shape index (κ1) is 13.7. The van der Waals surface area contributed by atoms with Crippen LogP contribution < -0.4 is 0 Å². The van der Waals surface area contributed by atoms with Gasteiger partial charge in [-0.05, 0) is 54.0 Å². The summed E-state index contributed by atoms with van der Waals surface area (Å²) in [5.74, 6) is -0.0305. The molecule has 7 nitrogen and oxygen atoms in total. The second kappa shape index (κ2) is 6.01. The van der Waals surface area contributed by atoms with Crippen molar-refractivity contribution in [2.24, 2.45) is 0 Å². The molecule has 1 amide bonds. The molecule has 0 aliphatic heterocycles. The Balaban J connectivity index is 1.77. The van der Waals surface area contributed by atoms with E-state index in [2.05, 4.69) is 15.5 Å². The van der Waals surface area contributed by atoms with E-state index in [0.29, 0.717) is 12.1 Å². The first-order valence-corrected chi connectivity index (χ1v) is 7.05. The Morgan fingerprint density at radius 2 is 2.10 bits per heavy atom. The number of nitrogens with zero attached hydrogens (tertiary/aromatic N) is 5. The Morgan fingerprint density at radius 1 is 1.33 bits per heavy atom. The summed E-state index contributed by atoms with van der Waals surface area (Å²) < 4.78 is 1.53. The predicted molar refractivity (Wildman–Crippen MR) is 74.9 cm³/mol. The Labute approximate surface area is 122 Å². The first-order chi connectivity index (χ1) is 10.3. The average Bonchev–Trinajstić information content (AvgIpc) is 2.98. The second-order valence-electron chi connectivity index (χ2n) is 5.11. The summed E-state index contributed by atoms with van der Waals surface area (Å²) in [4.78, 5) is 14.3. The molecule has 0 radical (unpaired) electrons. The van der Waals surface area contributed by atoms with Crippen molar-refractivity contribution < 1.29 is 9.90 Å². The number of rotatable bonds is 5. The number of hydrogen-bond donors (Lipinski definition) is 1. The van der Waals surface area contributed by atoms with Gasteiger partial charge in [-0.2, -0.15) is 0 Å². The van der Waals surface area contributed by atoms with Crippen LogP contribution in [0.1, 0.15) is 29.6 Å². The molecule has 1 aliphatic carbocycles. The lowest BCUT2D eigenvalue weighted by Gasteiger charge is -2.37. The first-order valence-electron chi connectivity index (χ1n) is 7.05. The normalized spacial score (nSPS) is 14.7. The van der Waals surface area contributed by atoms with Gasteiger partial charge >= 0.3 is 0 Å². The van der Waals surface area contributed by atoms with E-state index >= 15 is 0 Å². The molecule has 0 bridgehead atoms. The summed E-state index contributed by atoms with van der Waals surface area (Å²) in [7, 11) is 0. The largest absolute Gasteiger partial charge is 0.395 e. The van der Waals surface area contributed by atoms with Gasteiger partial charge in [0, 0.05) is 18.2 Å². The van der Waals surface area contributed by atoms with Crippen LogP contribution in [-0.4, -0.2) is 55.3 Å². The number of benzene rings is 1. The van der Waals surface area contributed by atoms with E-state index in [4.69, 9.17) is 5.11 Å². The zero-order valence-electron chi connectivity index (χ0n) is 11.6. The molecule has 3 rings (SSSR count). The third kappa shape index (κ3) is 2.78. The van der Waals surface area contributed by atoms with Gasteiger partial charge < -0.3 is 10.0 Å². The fourth-order valence-electron chi connectivity index (χ4n) is 2.46. The summed E-state index contributed by atoms with van der Waals surface area (Å²) in [5.41, 5.74) is 1.42. The van der Waals surface area contributed by atoms with E-state index in [9.17, 15) is 4.79 Å². The lowest BCUT2D eigenvalue weighted by atomic mass is 9.91. The molecule has 1 aliphatic rings. The highest BCUT2D eigenvalue weighted by molar-refractivity contribution is 5.94. The Bertz CT molecular complexity index is 592. The predicted octanol–water partition coefficient (Wildman–Crippen LogP) is 0.649. The van der Waals surface area contributed by atoms with Crippen LogP contribution in [0, 0.1) is 0 Å². The number of aromatic nitrogens is 4. The van der Waals surface area contributed by atoms with Crippen LogP contribution in [0.4, 0.5) is 0 Å². The van der Waals surface area contributed by atoms with Crippen LogP contribution in [0.3, 0.4) is 0 Å². The third-order valence-corrected chi connectivity index (χ3v) is 3.85. The zero-order chi connectivity index (χ0) is 14.7. The summed E-state index contributed by atoms with van der Waals surface area (Å²) in [5, 5.41) is 20.1. The van der Waals surface area contributed by atoms with E-state index in [0.717, 1.165) is 24.9 Å². The number of tetrazole rings is 1. The highest BCUT2D eigenvalue weighted by atomic mass is 16.3. The van der Waals surface area contributed by atoms with Gasteiger partial charge in [0.25, 0.3) is 5.91 Å². The summed E-state index contributed by atoms with van der Waals surface area (Å²) in [6.07, 6.45) is 4.70. The lowest BCUT2D eigenvalue weighted by molar-refractivity contribution is 0.0526. The average molecular weight is 287 g/mol. The Hall–Kier alpha value is -2.28. The zero-order valence-corrected chi connectivity index (χ0v) is 11.6. The fourth-order valence-corrected chi connectivity index (χ4v) is 2.46. The molecule has 1 aromatic heterocycles. The number of aliphatic hydroxyl groups is 1. The van der Waals surface area contributed by atoms with Gasteiger partial charge in [-0.25, -0.2) is 4.68 Å². The van der Waals surface area contributed by atoms with Crippen LogP contribution >= 0.6 is 0 Å². The molecule has 110 valence electrons. The van der Waals surface area contributed by atoms with E-state index in [-0.39, 0.29) is 18.6 Å². The molecule has 1 N–H and O–H groups in total. The molecule has 1 aromatic carbocycles. The van der Waals surface area contributed by atoms with Crippen molar-refractivity contribution in [1.82, 2.24) is 25.1 Å². The van der Waals surface area contributed by atoms with Crippen molar-refractivity contribution in [1.29, 1.82) is 0 Å². The summed E-state index contributed by atoms with van der Waals surface area (Å²) in [6.45, 7) is 0.378. The van der Waals surface area contributed by atoms with Gasteiger partial charge in [0.2, 0.25) is 0 Å². The fraction of sp³-hybridized carbons (Fsp3) is 0.429. The van der Waals surface area contributed by atoms with Crippen molar-refractivity contribution in [2.45, 2.75) is 25.3 Å². The number of carbonyl (C=O) groups excluding carboxylic acids is 1. The monoisotopic (exact) mass is 287 g/mol. The van der Waals surface area contributed by atoms with E-state index in [1.54, 1.807) is 17.0 Å². The van der Waals surface area contributed by atoms with Crippen LogP contribution in [0.5, 0.6) is 0 Å². The molecule has 0 saturated heterocycles. The van der Waals surface area contributed by atoms with Gasteiger partial charge in [0.15, 0.2) is 0 Å². The Kier molecular flexibility index (Phi) is 3.92. The van der Waals surface area contributed by atoms with Gasteiger partial charge in [-0.3, -0.25) is 4.79 Å². The van der Waals surface area contributed by atoms with Crippen molar-refractivity contribution in [3.8, 4) is 5.69 Å². The SMILES string of the molecule is O=C(c1ccc(-n2cnnn2)cc1)N(CCO)C1CCC1. The van der Waals surface area contributed by atoms with Crippen molar-refractivity contribution >= 4 is 5.91 Å². The van der Waals surface area contributed by atoms with E-state index < -0.39 is 0 Å². The molecule has 21 heavy (non-hydrogen) atoms. The second-order valence-corrected chi connectivity index (χ2v) is 5.11. The van der Waals surface area contributed by atoms with Gasteiger partial charge in [0.1, 0.15) is 6.33 Å². The highest BCUT2D eigenvalue weighted by Gasteiger charge is 2.28. The van der Waals surface area contributed by atoms with Crippen LogP contribution in [0.2, 0.25) is 0 Å². The smallest absolute Gasteiger partial charge is 0.254 e. The van der Waals surface area contributed by atoms with Gasteiger partial charge in [-0.15, -0.1) is 5.10 Å². The standard InChI is InChI=1S/C14H17N5O2/c20-9-8-18(12-2-1-3-12)14(21)11-4-6-13(7-5-11)19-10-15-16-17-19/h4-7,10,12,20H,1-3,8-9H2. The summed E-state index contributed by atoms with van der Waals surface area (Å²) >= 11 is 0. The quantitative estimate of drug-likeness (QED) is 0.873. The van der Waals surface area contributed by atoms with Crippen molar-refractivity contribution in [3.63, 3.8) is 0 Å². The molecule has 1 saturated carbocycles. The third-order valence-electron chi connectivity index (χ3n) is 3.85. The van der Waals surface area contributed by atoms with Crippen LogP contribution in [0.15, 0.2) is 30.6 Å². The number of amides is 1. The number of hydrogen-bond acceptors (Lipinski definition) is 5. The van der Waals surface area contributed by atoms with E-state index in [1.165, 1.54) is 11.0 Å². The van der Waals surface area contributed by atoms with Crippen molar-refractivity contribution in [2.75, 3.05) is 13.2 Å². The number of aliphatic hydroxyl groups excluding tert-OH is 1. The number of carbonyl (C=O) groups is 1. The maximum absolute atomic E-state index is 12.5. The minimum atomic E-state index is -0.0305. The molecule has 7 heteroatoms. The van der Waals surface area contributed by atoms with E-state index in [1.807, 2.05) is 12.1 Å². The van der Waals surface area contributed by atoms with Crippen LogP contribution in [-0.2, 0) is 0 Å². The minimum Gasteiger partial charge on any atom is -0.395 e. The molecular weight excluding hydrogens is 270 g/mol. The lowest BCUT2D eigenvalue weighted by Crippen LogP contribution is -2.45. The van der Waals surface area contributed by atoms with Crippen LogP contribution in [0.25, 0.3) is 5.69 Å². The minimum absolute atomic E-state index is 0.00898. The molecule has 0 atom stereocenters. The maximum Gasteiger partial charge on any atom is 0.254 e. The van der Waals surface area contributed by atoms with Crippen molar-refractivity contribution in [3.05, 3.63) is 36.2 Å². The summed E-state index contributed by atoms with van der Waals surface area (Å²) in [6, 6.07) is 7.41. The molecule has 2 aromatic rings. The van der Waals surface area contributed by atoms with Gasteiger partial charge in [-0.1, -0.05) is 0 Å². The topological polar surface area (TPSA) is 84.1 Å². The highest BCUT2D eigenvalue weighted by Crippen LogP contribution is 2.26. The van der Waals surface area contributed by atoms with Gasteiger partial charge in [0.05, 0.1) is 12.3 Å². The Morgan fingerprint density at radius 3 is 2.62 bits per heavy atom. The maximum atomic E-state index is 12.5. The molecule has 0 spiro atoms.